The van der Waals surface area contributed by atoms with E-state index < -0.39 is 10.0 Å². The quantitative estimate of drug-likeness (QED) is 0.725. The molecular formula is C15H24N2O3S. The highest BCUT2D eigenvalue weighted by Gasteiger charge is 2.16. The normalized spacial score (nSPS) is 12.9. The number of benzene rings is 1. The number of nitrogens with one attached hydrogen (secondary N) is 2. The molecule has 1 rings (SSSR count). The van der Waals surface area contributed by atoms with Crippen molar-refractivity contribution in [1.82, 2.24) is 4.72 Å². The third-order valence-electron chi connectivity index (χ3n) is 3.08. The van der Waals surface area contributed by atoms with Crippen LogP contribution in [-0.2, 0) is 14.8 Å². The Morgan fingerprint density at radius 1 is 1.19 bits per heavy atom. The van der Waals surface area contributed by atoms with E-state index in [1.54, 1.807) is 12.1 Å². The minimum atomic E-state index is -3.50. The Morgan fingerprint density at radius 3 is 2.33 bits per heavy atom. The first-order chi connectivity index (χ1) is 9.85. The molecular weight excluding hydrogens is 288 g/mol. The monoisotopic (exact) mass is 312 g/mol. The first-order valence-corrected chi connectivity index (χ1v) is 8.73. The van der Waals surface area contributed by atoms with Gasteiger partial charge in [-0.1, -0.05) is 26.2 Å². The van der Waals surface area contributed by atoms with E-state index in [0.29, 0.717) is 5.69 Å². The summed E-state index contributed by atoms with van der Waals surface area (Å²) in [5, 5.41) is 2.60. The lowest BCUT2D eigenvalue weighted by Crippen LogP contribution is -2.32. The molecule has 0 aliphatic carbocycles. The van der Waals surface area contributed by atoms with Gasteiger partial charge in [0.05, 0.1) is 4.90 Å². The number of amides is 1. The maximum atomic E-state index is 12.2. The first-order valence-electron chi connectivity index (χ1n) is 7.25. The highest BCUT2D eigenvalue weighted by molar-refractivity contribution is 7.89. The van der Waals surface area contributed by atoms with Gasteiger partial charge < -0.3 is 5.32 Å². The smallest absolute Gasteiger partial charge is 0.240 e. The zero-order valence-corrected chi connectivity index (χ0v) is 13.7. The molecule has 0 radical (unpaired) electrons. The Kier molecular flexibility index (Phi) is 6.84. The van der Waals surface area contributed by atoms with E-state index in [1.165, 1.54) is 19.1 Å². The van der Waals surface area contributed by atoms with E-state index in [0.717, 1.165) is 25.7 Å². The molecule has 0 aromatic heterocycles. The average Bonchev–Trinajstić information content (AvgIpc) is 2.38. The predicted molar refractivity (Wildman–Crippen MR) is 84.7 cm³/mol. The van der Waals surface area contributed by atoms with Crippen LogP contribution in [0.2, 0.25) is 0 Å². The van der Waals surface area contributed by atoms with E-state index in [9.17, 15) is 13.2 Å². The van der Waals surface area contributed by atoms with Crippen molar-refractivity contribution in [2.75, 3.05) is 5.32 Å². The van der Waals surface area contributed by atoms with Crippen molar-refractivity contribution in [2.45, 2.75) is 57.4 Å². The Balaban J connectivity index is 2.67. The lowest BCUT2D eigenvalue weighted by Gasteiger charge is -2.14. The van der Waals surface area contributed by atoms with Gasteiger partial charge in [0.2, 0.25) is 15.9 Å². The third kappa shape index (κ3) is 6.27. The second-order valence-electron chi connectivity index (χ2n) is 5.22. The van der Waals surface area contributed by atoms with Gasteiger partial charge in [0.1, 0.15) is 0 Å². The number of carbonyl (C=O) groups is 1. The van der Waals surface area contributed by atoms with Gasteiger partial charge in [-0.15, -0.1) is 0 Å². The molecule has 1 aromatic carbocycles. The largest absolute Gasteiger partial charge is 0.326 e. The molecule has 1 amide bonds. The number of hydrogen-bond acceptors (Lipinski definition) is 3. The van der Waals surface area contributed by atoms with Crippen LogP contribution in [0.4, 0.5) is 5.69 Å². The molecule has 5 nitrogen and oxygen atoms in total. The van der Waals surface area contributed by atoms with Crippen LogP contribution >= 0.6 is 0 Å². The molecule has 0 saturated heterocycles. The molecule has 2 N–H and O–H groups in total. The summed E-state index contributed by atoms with van der Waals surface area (Å²) in [6.07, 6.45) is 4.07. The van der Waals surface area contributed by atoms with Crippen molar-refractivity contribution in [3.63, 3.8) is 0 Å². The number of rotatable bonds is 8. The number of unbranched alkanes of at least 4 members (excludes halogenated alkanes) is 2. The summed E-state index contributed by atoms with van der Waals surface area (Å²) in [6, 6.07) is 6.06. The summed E-state index contributed by atoms with van der Waals surface area (Å²) in [7, 11) is -3.50. The van der Waals surface area contributed by atoms with Gasteiger partial charge >= 0.3 is 0 Å². The Morgan fingerprint density at radius 2 is 1.81 bits per heavy atom. The van der Waals surface area contributed by atoms with Gasteiger partial charge in [-0.25, -0.2) is 13.1 Å². The summed E-state index contributed by atoms with van der Waals surface area (Å²) in [5.74, 6) is -0.187. The molecule has 0 saturated carbocycles. The van der Waals surface area contributed by atoms with Crippen molar-refractivity contribution in [2.24, 2.45) is 0 Å². The van der Waals surface area contributed by atoms with Crippen LogP contribution < -0.4 is 10.0 Å². The van der Waals surface area contributed by atoms with Gasteiger partial charge in [0.25, 0.3) is 0 Å². The van der Waals surface area contributed by atoms with Crippen LogP contribution in [0.1, 0.15) is 46.5 Å². The van der Waals surface area contributed by atoms with Crippen LogP contribution in [0.15, 0.2) is 29.2 Å². The Hall–Kier alpha value is -1.40. The Labute approximate surface area is 127 Å². The number of anilines is 1. The van der Waals surface area contributed by atoms with E-state index >= 15 is 0 Å². The molecule has 1 atom stereocenters. The van der Waals surface area contributed by atoms with Gasteiger partial charge in [-0.3, -0.25) is 4.79 Å². The van der Waals surface area contributed by atoms with Crippen molar-refractivity contribution in [3.05, 3.63) is 24.3 Å². The molecule has 0 aliphatic rings. The average molecular weight is 312 g/mol. The van der Waals surface area contributed by atoms with E-state index in [4.69, 9.17) is 0 Å². The highest BCUT2D eigenvalue weighted by atomic mass is 32.2. The summed E-state index contributed by atoms with van der Waals surface area (Å²) < 4.78 is 27.1. The van der Waals surface area contributed by atoms with Crippen LogP contribution in [-0.4, -0.2) is 20.4 Å². The van der Waals surface area contributed by atoms with Crippen LogP contribution in [0.25, 0.3) is 0 Å². The number of hydrogen-bond donors (Lipinski definition) is 2. The van der Waals surface area contributed by atoms with Gasteiger partial charge in [0.15, 0.2) is 0 Å². The minimum absolute atomic E-state index is 0.0865. The molecule has 0 aliphatic heterocycles. The van der Waals surface area contributed by atoms with Crippen LogP contribution in [0.5, 0.6) is 0 Å². The fraction of sp³-hybridized carbons (Fsp3) is 0.533. The molecule has 0 heterocycles. The topological polar surface area (TPSA) is 75.3 Å². The van der Waals surface area contributed by atoms with Gasteiger partial charge in [-0.2, -0.15) is 0 Å². The predicted octanol–water partition coefficient (Wildman–Crippen LogP) is 2.89. The molecule has 0 spiro atoms. The first kappa shape index (κ1) is 17.7. The third-order valence-corrected chi connectivity index (χ3v) is 4.69. The lowest BCUT2D eigenvalue weighted by atomic mass is 10.1. The summed E-state index contributed by atoms with van der Waals surface area (Å²) >= 11 is 0. The second kappa shape index (κ2) is 8.14. The van der Waals surface area contributed by atoms with Crippen LogP contribution in [0, 0.1) is 0 Å². The summed E-state index contributed by atoms with van der Waals surface area (Å²) in [5.41, 5.74) is 0.581. The number of sulfonamides is 1. The maximum Gasteiger partial charge on any atom is 0.240 e. The van der Waals surface area contributed by atoms with Crippen molar-refractivity contribution in [3.8, 4) is 0 Å². The number of carbonyl (C=O) groups excluding carboxylic acids is 1. The van der Waals surface area contributed by atoms with E-state index in [-0.39, 0.29) is 16.8 Å². The van der Waals surface area contributed by atoms with Gasteiger partial charge in [0, 0.05) is 18.7 Å². The molecule has 118 valence electrons. The fourth-order valence-electron chi connectivity index (χ4n) is 2.01. The minimum Gasteiger partial charge on any atom is -0.326 e. The lowest BCUT2D eigenvalue weighted by molar-refractivity contribution is -0.114. The SMILES string of the molecule is CCCCCC(C)NS(=O)(=O)c1ccc(NC(C)=O)cc1. The van der Waals surface area contributed by atoms with E-state index in [2.05, 4.69) is 17.0 Å². The molecule has 1 unspecified atom stereocenters. The van der Waals surface area contributed by atoms with Crippen molar-refractivity contribution >= 4 is 21.6 Å². The molecule has 21 heavy (non-hydrogen) atoms. The molecule has 0 fully saturated rings. The summed E-state index contributed by atoms with van der Waals surface area (Å²) in [6.45, 7) is 5.40. The fourth-order valence-corrected chi connectivity index (χ4v) is 3.29. The zero-order valence-electron chi connectivity index (χ0n) is 12.8. The molecule has 0 bridgehead atoms. The van der Waals surface area contributed by atoms with Crippen molar-refractivity contribution in [1.29, 1.82) is 0 Å². The van der Waals surface area contributed by atoms with E-state index in [1.807, 2.05) is 6.92 Å². The van der Waals surface area contributed by atoms with Crippen LogP contribution in [0.3, 0.4) is 0 Å². The molecule has 1 aromatic rings. The second-order valence-corrected chi connectivity index (χ2v) is 6.94. The van der Waals surface area contributed by atoms with Crippen molar-refractivity contribution < 1.29 is 13.2 Å². The standard InChI is InChI=1S/C15H24N2O3S/c1-4-5-6-7-12(2)17-21(19,20)15-10-8-14(9-11-15)16-13(3)18/h8-12,17H,4-7H2,1-3H3,(H,16,18). The highest BCUT2D eigenvalue weighted by Crippen LogP contribution is 2.15. The molecule has 6 heteroatoms. The van der Waals surface area contributed by atoms with Gasteiger partial charge in [-0.05, 0) is 37.6 Å². The maximum absolute atomic E-state index is 12.2. The summed E-state index contributed by atoms with van der Waals surface area (Å²) in [4.78, 5) is 11.1. The Bertz CT molecular complexity index is 553. The zero-order chi connectivity index (χ0) is 15.9.